The second kappa shape index (κ2) is 3.16. The van der Waals surface area contributed by atoms with Crippen molar-refractivity contribution in [3.63, 3.8) is 0 Å². The minimum atomic E-state index is -1.26. The molecule has 0 aromatic carbocycles. The molecular formula is C7H11BrF2. The van der Waals surface area contributed by atoms with Crippen LogP contribution in [0.15, 0.2) is 0 Å². The van der Waals surface area contributed by atoms with Gasteiger partial charge in [0.25, 0.3) is 0 Å². The summed E-state index contributed by atoms with van der Waals surface area (Å²) in [6, 6.07) is 0. The van der Waals surface area contributed by atoms with E-state index in [1.165, 1.54) is 0 Å². The van der Waals surface area contributed by atoms with Gasteiger partial charge in [0, 0.05) is 4.83 Å². The smallest absolute Gasteiger partial charge is 0.134 e. The lowest BCUT2D eigenvalue weighted by Crippen LogP contribution is -2.34. The largest absolute Gasteiger partial charge is 0.244 e. The van der Waals surface area contributed by atoms with Crippen LogP contribution in [0.2, 0.25) is 0 Å². The van der Waals surface area contributed by atoms with Gasteiger partial charge in [0.05, 0.1) is 0 Å². The van der Waals surface area contributed by atoms with Crippen molar-refractivity contribution in [3.05, 3.63) is 0 Å². The Kier molecular flexibility index (Phi) is 2.67. The average Bonchev–Trinajstić information content (AvgIpc) is 1.82. The molecule has 1 aliphatic carbocycles. The first kappa shape index (κ1) is 8.44. The van der Waals surface area contributed by atoms with E-state index < -0.39 is 12.3 Å². The Balaban J connectivity index is 2.49. The maximum Gasteiger partial charge on any atom is 0.134 e. The van der Waals surface area contributed by atoms with Gasteiger partial charge in [0.15, 0.2) is 0 Å². The first-order valence-electron chi connectivity index (χ1n) is 3.53. The van der Waals surface area contributed by atoms with E-state index in [9.17, 15) is 8.78 Å². The predicted molar refractivity (Wildman–Crippen MR) is 40.9 cm³/mol. The van der Waals surface area contributed by atoms with Crippen LogP contribution in [-0.4, -0.2) is 17.2 Å². The van der Waals surface area contributed by atoms with Crippen LogP contribution in [-0.2, 0) is 0 Å². The minimum Gasteiger partial charge on any atom is -0.244 e. The first-order chi connectivity index (χ1) is 4.61. The van der Waals surface area contributed by atoms with Crippen molar-refractivity contribution in [1.29, 1.82) is 0 Å². The van der Waals surface area contributed by atoms with Crippen molar-refractivity contribution in [1.82, 2.24) is 0 Å². The summed E-state index contributed by atoms with van der Waals surface area (Å²) in [5, 5.41) is 0. The van der Waals surface area contributed by atoms with E-state index in [4.69, 9.17) is 0 Å². The molecule has 1 saturated carbocycles. The molecule has 0 saturated heterocycles. The molecule has 0 spiro atoms. The molecule has 0 aliphatic heterocycles. The van der Waals surface area contributed by atoms with Gasteiger partial charge in [-0.05, 0) is 18.8 Å². The van der Waals surface area contributed by atoms with Crippen molar-refractivity contribution >= 4 is 15.9 Å². The Bertz CT molecular complexity index is 106. The molecule has 4 unspecified atom stereocenters. The summed E-state index contributed by atoms with van der Waals surface area (Å²) in [5.74, 6) is -0.131. The zero-order valence-electron chi connectivity index (χ0n) is 5.86. The van der Waals surface area contributed by atoms with Crippen LogP contribution < -0.4 is 0 Å². The van der Waals surface area contributed by atoms with Gasteiger partial charge in [0.2, 0.25) is 0 Å². The van der Waals surface area contributed by atoms with Crippen molar-refractivity contribution < 1.29 is 8.78 Å². The normalized spacial score (nSPS) is 49.2. The summed E-state index contributed by atoms with van der Waals surface area (Å²) in [5.41, 5.74) is 0. The lowest BCUT2D eigenvalue weighted by Gasteiger charge is -2.29. The van der Waals surface area contributed by atoms with Crippen LogP contribution in [0.25, 0.3) is 0 Å². The van der Waals surface area contributed by atoms with Crippen molar-refractivity contribution in [2.45, 2.75) is 36.9 Å². The average molecular weight is 213 g/mol. The maximum atomic E-state index is 12.7. The topological polar surface area (TPSA) is 0 Å². The fraction of sp³-hybridized carbons (Fsp3) is 1.00. The molecular weight excluding hydrogens is 202 g/mol. The first-order valence-corrected chi connectivity index (χ1v) is 4.45. The maximum absolute atomic E-state index is 12.7. The van der Waals surface area contributed by atoms with Gasteiger partial charge >= 0.3 is 0 Å². The van der Waals surface area contributed by atoms with E-state index in [-0.39, 0.29) is 10.7 Å². The zero-order valence-corrected chi connectivity index (χ0v) is 7.44. The second-order valence-electron chi connectivity index (χ2n) is 3.01. The van der Waals surface area contributed by atoms with Crippen LogP contribution in [0.3, 0.4) is 0 Å². The minimum absolute atomic E-state index is 0.131. The molecule has 1 aliphatic rings. The van der Waals surface area contributed by atoms with Gasteiger partial charge in [-0.1, -0.05) is 22.9 Å². The quantitative estimate of drug-likeness (QED) is 0.542. The summed E-state index contributed by atoms with van der Waals surface area (Å²) in [6.07, 6.45) is -1.42. The van der Waals surface area contributed by atoms with E-state index in [0.29, 0.717) is 6.42 Å². The third-order valence-corrected chi connectivity index (χ3v) is 2.75. The van der Waals surface area contributed by atoms with E-state index in [1.54, 1.807) is 6.92 Å². The van der Waals surface area contributed by atoms with Crippen LogP contribution in [0.5, 0.6) is 0 Å². The molecule has 0 amide bonds. The number of alkyl halides is 3. The summed E-state index contributed by atoms with van der Waals surface area (Å²) in [6.45, 7) is 1.75. The Labute approximate surface area is 68.1 Å². The summed E-state index contributed by atoms with van der Waals surface area (Å²) in [7, 11) is 0. The molecule has 0 radical (unpaired) electrons. The Hall–Kier alpha value is 0.340. The molecule has 4 atom stereocenters. The highest BCUT2D eigenvalue weighted by molar-refractivity contribution is 9.09. The summed E-state index contributed by atoms with van der Waals surface area (Å²) in [4.78, 5) is 0.171. The highest BCUT2D eigenvalue weighted by Gasteiger charge is 2.34. The Morgan fingerprint density at radius 1 is 1.30 bits per heavy atom. The van der Waals surface area contributed by atoms with Gasteiger partial charge in [-0.15, -0.1) is 0 Å². The SMILES string of the molecule is CC1CC(Br)CC(F)C1F. The fourth-order valence-corrected chi connectivity index (χ4v) is 2.31. The summed E-state index contributed by atoms with van der Waals surface area (Å²) < 4.78 is 25.4. The van der Waals surface area contributed by atoms with Crippen molar-refractivity contribution in [2.24, 2.45) is 5.92 Å². The number of hydrogen-bond acceptors (Lipinski definition) is 0. The van der Waals surface area contributed by atoms with Crippen LogP contribution in [0.1, 0.15) is 19.8 Å². The molecule has 0 aromatic rings. The van der Waals surface area contributed by atoms with Crippen molar-refractivity contribution in [2.75, 3.05) is 0 Å². The molecule has 1 rings (SSSR count). The van der Waals surface area contributed by atoms with E-state index in [1.807, 2.05) is 0 Å². The number of halogens is 3. The molecule has 3 heteroatoms. The Morgan fingerprint density at radius 2 is 1.90 bits per heavy atom. The molecule has 0 nitrogen and oxygen atoms in total. The lowest BCUT2D eigenvalue weighted by atomic mass is 9.88. The molecule has 60 valence electrons. The van der Waals surface area contributed by atoms with Gasteiger partial charge in [-0.2, -0.15) is 0 Å². The summed E-state index contributed by atoms with van der Waals surface area (Å²) >= 11 is 3.29. The molecule has 0 heterocycles. The standard InChI is InChI=1S/C7H11BrF2/c1-4-2-5(8)3-6(9)7(4)10/h4-7H,2-3H2,1H3. The monoisotopic (exact) mass is 212 g/mol. The lowest BCUT2D eigenvalue weighted by molar-refractivity contribution is 0.0792. The molecule has 0 N–H and O–H groups in total. The van der Waals surface area contributed by atoms with Crippen LogP contribution >= 0.6 is 15.9 Å². The highest BCUT2D eigenvalue weighted by Crippen LogP contribution is 2.32. The number of rotatable bonds is 0. The van der Waals surface area contributed by atoms with Gasteiger partial charge < -0.3 is 0 Å². The van der Waals surface area contributed by atoms with E-state index >= 15 is 0 Å². The van der Waals surface area contributed by atoms with Gasteiger partial charge in [-0.25, -0.2) is 8.78 Å². The molecule has 0 bridgehead atoms. The van der Waals surface area contributed by atoms with Gasteiger partial charge in [0.1, 0.15) is 12.3 Å². The molecule has 10 heavy (non-hydrogen) atoms. The predicted octanol–water partition coefficient (Wildman–Crippen LogP) is 2.86. The number of hydrogen-bond donors (Lipinski definition) is 0. The fourth-order valence-electron chi connectivity index (χ4n) is 1.36. The third kappa shape index (κ3) is 1.68. The third-order valence-electron chi connectivity index (χ3n) is 2.00. The van der Waals surface area contributed by atoms with Gasteiger partial charge in [-0.3, -0.25) is 0 Å². The molecule has 1 fully saturated rings. The second-order valence-corrected chi connectivity index (χ2v) is 4.30. The molecule has 0 aromatic heterocycles. The van der Waals surface area contributed by atoms with E-state index in [0.717, 1.165) is 6.42 Å². The van der Waals surface area contributed by atoms with Crippen molar-refractivity contribution in [3.8, 4) is 0 Å². The van der Waals surface area contributed by atoms with Crippen LogP contribution in [0, 0.1) is 5.92 Å². The van der Waals surface area contributed by atoms with E-state index in [2.05, 4.69) is 15.9 Å². The van der Waals surface area contributed by atoms with Crippen LogP contribution in [0.4, 0.5) is 8.78 Å². The highest BCUT2D eigenvalue weighted by atomic mass is 79.9. The Morgan fingerprint density at radius 3 is 2.40 bits per heavy atom. The zero-order chi connectivity index (χ0) is 7.72.